The second-order valence-electron chi connectivity index (χ2n) is 1.04. The van der Waals surface area contributed by atoms with Crippen molar-refractivity contribution in [3.8, 4) is 0 Å². The van der Waals surface area contributed by atoms with Crippen LogP contribution in [0.25, 0.3) is 0 Å². The number of esters is 1. The van der Waals surface area contributed by atoms with E-state index in [2.05, 4.69) is 4.74 Å². The van der Waals surface area contributed by atoms with Gasteiger partial charge in [0.1, 0.15) is 0 Å². The third-order valence-electron chi connectivity index (χ3n) is 0.259. The zero-order valence-corrected chi connectivity index (χ0v) is 5.73. The van der Waals surface area contributed by atoms with Gasteiger partial charge in [-0.15, -0.1) is 13.2 Å². The van der Waals surface area contributed by atoms with E-state index in [-0.39, 0.29) is 22.4 Å². The number of carbonyl (C=O) groups excluding carboxylic acids is 1. The second-order valence-corrected chi connectivity index (χ2v) is 1.04. The summed E-state index contributed by atoms with van der Waals surface area (Å²) < 4.78 is 35.4. The Balaban J connectivity index is 0. The number of hydrogen-bond acceptors (Lipinski definition) is 2. The van der Waals surface area contributed by atoms with Crippen LogP contribution >= 0.6 is 0 Å². The van der Waals surface area contributed by atoms with Crippen LogP contribution in [0.5, 0.6) is 0 Å². The van der Waals surface area contributed by atoms with Crippen LogP contribution in [0.15, 0.2) is 0 Å². The van der Waals surface area contributed by atoms with Gasteiger partial charge in [-0.05, 0) is 0 Å². The van der Waals surface area contributed by atoms with Crippen LogP contribution in [0.4, 0.5) is 13.2 Å². The molecule has 0 aliphatic rings. The van der Waals surface area contributed by atoms with Crippen LogP contribution < -0.4 is 0 Å². The van der Waals surface area contributed by atoms with Gasteiger partial charge in [0.15, 0.2) is 0 Å². The van der Waals surface area contributed by atoms with E-state index in [1.807, 2.05) is 0 Å². The topological polar surface area (TPSA) is 26.3 Å². The smallest absolute Gasteiger partial charge is 0.373 e. The molecule has 0 bridgehead atoms. The van der Waals surface area contributed by atoms with Crippen molar-refractivity contribution in [3.05, 3.63) is 0 Å². The van der Waals surface area contributed by atoms with Gasteiger partial charge < -0.3 is 4.74 Å². The first-order chi connectivity index (χ1) is 3.42. The number of halogens is 3. The maximum atomic E-state index is 10.9. The van der Waals surface area contributed by atoms with Gasteiger partial charge >= 0.3 is 12.3 Å². The van der Waals surface area contributed by atoms with E-state index in [0.717, 1.165) is 0 Å². The summed E-state index contributed by atoms with van der Waals surface area (Å²) in [4.78, 5) is 9.52. The van der Waals surface area contributed by atoms with Crippen molar-refractivity contribution < 1.29 is 45.1 Å². The summed E-state index contributed by atoms with van der Waals surface area (Å²) >= 11 is 0. The van der Waals surface area contributed by atoms with Gasteiger partial charge in [0, 0.05) is 29.3 Å². The number of ether oxygens (including phenoxy) is 1. The molecule has 1 radical (unpaired) electrons. The average molecular weight is 236 g/mol. The predicted molar refractivity (Wildman–Crippen MR) is 17.8 cm³/mol. The summed E-state index contributed by atoms with van der Waals surface area (Å²) in [5, 5.41) is 0. The van der Waals surface area contributed by atoms with E-state index >= 15 is 0 Å². The fourth-order valence-corrected chi connectivity index (χ4v) is 0.163. The molecule has 6 heteroatoms. The molecule has 0 N–H and O–H groups in total. The predicted octanol–water partition coefficient (Wildman–Crippen LogP) is 1.07. The van der Waals surface area contributed by atoms with Crippen LogP contribution in [0.2, 0.25) is 0 Å². The Morgan fingerprint density at radius 2 is 1.78 bits per heavy atom. The van der Waals surface area contributed by atoms with E-state index in [1.54, 1.807) is 0 Å². The first-order valence-corrected chi connectivity index (χ1v) is 1.68. The van der Waals surface area contributed by atoms with Gasteiger partial charge in [-0.1, -0.05) is 0 Å². The van der Waals surface area contributed by atoms with Crippen molar-refractivity contribution in [2.75, 3.05) is 0 Å². The molecule has 0 aromatic rings. The summed E-state index contributed by atoms with van der Waals surface area (Å²) in [6.07, 6.45) is -4.83. The third kappa shape index (κ3) is 11.5. The number of hydrogen-bond donors (Lipinski definition) is 0. The Morgan fingerprint density at radius 3 is 1.78 bits per heavy atom. The normalized spacial score (nSPS) is 9.78. The summed E-state index contributed by atoms with van der Waals surface area (Å²) in [5.74, 6) is -1.35. The number of rotatable bonds is 0. The minimum absolute atomic E-state index is 0. The van der Waals surface area contributed by atoms with Crippen molar-refractivity contribution in [3.63, 3.8) is 0 Å². The molecule has 0 saturated heterocycles. The van der Waals surface area contributed by atoms with Crippen LogP contribution in [-0.2, 0) is 31.9 Å². The Morgan fingerprint density at radius 1 is 1.44 bits per heavy atom. The summed E-state index contributed by atoms with van der Waals surface area (Å²) in [7, 11) is 0. The molecule has 0 heterocycles. The van der Waals surface area contributed by atoms with Crippen molar-refractivity contribution >= 4 is 5.97 Å². The Bertz CT molecular complexity index is 99.7. The fourth-order valence-electron chi connectivity index (χ4n) is 0.163. The quantitative estimate of drug-likeness (QED) is 0.464. The molecule has 0 unspecified atom stereocenters. The molecular weight excluding hydrogens is 233 g/mol. The monoisotopic (exact) mass is 235 g/mol. The van der Waals surface area contributed by atoms with Gasteiger partial charge in [0.25, 0.3) is 0 Å². The zero-order valence-electron chi connectivity index (χ0n) is 4.25. The molecular formula is C3H3AgF3O2. The molecule has 59 valence electrons. The van der Waals surface area contributed by atoms with Crippen molar-refractivity contribution in [2.24, 2.45) is 0 Å². The van der Waals surface area contributed by atoms with Gasteiger partial charge in [0.05, 0.1) is 0 Å². The molecule has 0 fully saturated rings. The Kier molecular flexibility index (Phi) is 5.12. The van der Waals surface area contributed by atoms with Crippen molar-refractivity contribution in [2.45, 2.75) is 13.3 Å². The van der Waals surface area contributed by atoms with Crippen LogP contribution in [0.1, 0.15) is 6.92 Å². The molecule has 0 atom stereocenters. The van der Waals surface area contributed by atoms with Gasteiger partial charge in [-0.25, -0.2) is 0 Å². The second kappa shape index (κ2) is 3.92. The fraction of sp³-hybridized carbons (Fsp3) is 0.667. The first-order valence-electron chi connectivity index (χ1n) is 1.68. The standard InChI is InChI=1S/C3H3F3O2.Ag/c1-2(7)8-3(4,5)6;/h1H3;. The molecule has 2 nitrogen and oxygen atoms in total. The maximum Gasteiger partial charge on any atom is 0.575 e. The van der Waals surface area contributed by atoms with Gasteiger partial charge in [-0.2, -0.15) is 0 Å². The first kappa shape index (κ1) is 11.8. The largest absolute Gasteiger partial charge is 0.575 e. The molecule has 0 aromatic heterocycles. The van der Waals surface area contributed by atoms with Crippen LogP contribution in [-0.4, -0.2) is 12.3 Å². The SMILES string of the molecule is CC(=O)OC(F)(F)F.[Ag]. The Labute approximate surface area is 64.9 Å². The van der Waals surface area contributed by atoms with E-state index in [9.17, 15) is 18.0 Å². The summed E-state index contributed by atoms with van der Waals surface area (Å²) in [6, 6.07) is 0. The van der Waals surface area contributed by atoms with Gasteiger partial charge in [0.2, 0.25) is 0 Å². The molecule has 9 heavy (non-hydrogen) atoms. The van der Waals surface area contributed by atoms with Crippen LogP contribution in [0.3, 0.4) is 0 Å². The van der Waals surface area contributed by atoms with E-state index in [4.69, 9.17) is 0 Å². The molecule has 0 spiro atoms. The molecule has 0 rings (SSSR count). The summed E-state index contributed by atoms with van der Waals surface area (Å²) in [5.41, 5.74) is 0. The minimum atomic E-state index is -4.83. The maximum absolute atomic E-state index is 10.9. The van der Waals surface area contributed by atoms with E-state index in [1.165, 1.54) is 0 Å². The summed E-state index contributed by atoms with van der Waals surface area (Å²) in [6.45, 7) is 0.688. The van der Waals surface area contributed by atoms with Crippen molar-refractivity contribution in [1.82, 2.24) is 0 Å². The molecule has 0 aromatic carbocycles. The van der Waals surface area contributed by atoms with Crippen molar-refractivity contribution in [1.29, 1.82) is 0 Å². The van der Waals surface area contributed by atoms with E-state index in [0.29, 0.717) is 6.92 Å². The third-order valence-corrected chi connectivity index (χ3v) is 0.259. The average Bonchev–Trinajstić information content (AvgIpc) is 1.21. The molecule has 0 aliphatic carbocycles. The van der Waals surface area contributed by atoms with Gasteiger partial charge in [-0.3, -0.25) is 4.79 Å². The Hall–Kier alpha value is 0.000260. The molecule has 0 saturated carbocycles. The van der Waals surface area contributed by atoms with Crippen LogP contribution in [0, 0.1) is 0 Å². The number of alkyl halides is 3. The van der Waals surface area contributed by atoms with E-state index < -0.39 is 12.3 Å². The minimum Gasteiger partial charge on any atom is -0.373 e. The molecule has 0 amide bonds. The number of carbonyl (C=O) groups is 1. The zero-order chi connectivity index (χ0) is 6.78. The molecule has 0 aliphatic heterocycles.